The number of rotatable bonds is 2. The van der Waals surface area contributed by atoms with E-state index < -0.39 is 15.4 Å². The lowest BCUT2D eigenvalue weighted by Crippen LogP contribution is -2.49. The molecule has 1 amide bonds. The molecule has 2 aliphatic heterocycles. The lowest BCUT2D eigenvalue weighted by atomic mass is 9.85. The van der Waals surface area contributed by atoms with Crippen LogP contribution in [0.3, 0.4) is 0 Å². The second-order valence-corrected chi connectivity index (χ2v) is 12.2. The van der Waals surface area contributed by atoms with Gasteiger partial charge in [-0.2, -0.15) is 5.10 Å². The summed E-state index contributed by atoms with van der Waals surface area (Å²) in [4.78, 5) is 19.2. The van der Waals surface area contributed by atoms with Crippen LogP contribution in [0, 0.1) is 0 Å². The minimum atomic E-state index is -3.21. The summed E-state index contributed by atoms with van der Waals surface area (Å²) >= 11 is 0. The molecule has 9 heteroatoms. The van der Waals surface area contributed by atoms with Crippen molar-refractivity contribution in [1.29, 1.82) is 0 Å². The number of benzene rings is 1. The minimum absolute atomic E-state index is 0.00484. The normalized spacial score (nSPS) is 21.2. The van der Waals surface area contributed by atoms with E-state index in [0.29, 0.717) is 25.9 Å². The Morgan fingerprint density at radius 1 is 1.12 bits per heavy atom. The topological polar surface area (TPSA) is 102 Å². The van der Waals surface area contributed by atoms with Gasteiger partial charge in [-0.05, 0) is 74.8 Å². The molecule has 0 unspecified atom stereocenters. The summed E-state index contributed by atoms with van der Waals surface area (Å²) in [5, 5.41) is 8.60. The summed E-state index contributed by atoms with van der Waals surface area (Å²) in [6.45, 7) is 4.89. The number of anilines is 1. The summed E-state index contributed by atoms with van der Waals surface area (Å²) in [5.74, 6) is 0.102. The van der Waals surface area contributed by atoms with Gasteiger partial charge in [0.15, 0.2) is 0 Å². The molecule has 1 fully saturated rings. The number of nitrogens with one attached hydrogen (secondary N) is 2. The Morgan fingerprint density at radius 2 is 1.88 bits per heavy atom. The number of amides is 1. The Balaban J connectivity index is 1.45. The fourth-order valence-corrected chi connectivity index (χ4v) is 6.83. The molecule has 1 aromatic carbocycles. The van der Waals surface area contributed by atoms with Gasteiger partial charge in [-0.25, -0.2) is 12.7 Å². The third-order valence-electron chi connectivity index (χ3n) is 7.81. The molecule has 2 aromatic heterocycles. The van der Waals surface area contributed by atoms with Gasteiger partial charge in [0.25, 0.3) is 0 Å². The predicted molar refractivity (Wildman–Crippen MR) is 128 cm³/mol. The van der Waals surface area contributed by atoms with Crippen molar-refractivity contribution in [3.8, 4) is 11.4 Å². The molecular formula is C24H29N5O3S. The molecule has 3 aliphatic rings. The molecule has 0 spiro atoms. The maximum atomic E-state index is 13.6. The van der Waals surface area contributed by atoms with Crippen molar-refractivity contribution in [1.82, 2.24) is 19.5 Å². The van der Waals surface area contributed by atoms with Crippen molar-refractivity contribution in [3.05, 3.63) is 35.0 Å². The smallest absolute Gasteiger partial charge is 0.237 e. The van der Waals surface area contributed by atoms with Crippen LogP contribution in [-0.2, 0) is 33.1 Å². The number of sulfonamides is 1. The average molecular weight is 468 g/mol. The van der Waals surface area contributed by atoms with Crippen LogP contribution in [0.25, 0.3) is 22.3 Å². The Kier molecular flexibility index (Phi) is 4.39. The highest BCUT2D eigenvalue weighted by atomic mass is 32.2. The van der Waals surface area contributed by atoms with Gasteiger partial charge in [0.05, 0.1) is 29.3 Å². The van der Waals surface area contributed by atoms with Gasteiger partial charge in [0.2, 0.25) is 15.9 Å². The van der Waals surface area contributed by atoms with Crippen molar-refractivity contribution in [2.45, 2.75) is 57.4 Å². The van der Waals surface area contributed by atoms with Crippen LogP contribution in [0.2, 0.25) is 0 Å². The zero-order valence-corrected chi connectivity index (χ0v) is 20.1. The van der Waals surface area contributed by atoms with E-state index in [9.17, 15) is 13.2 Å². The van der Waals surface area contributed by atoms with E-state index in [1.165, 1.54) is 21.7 Å². The molecule has 2 N–H and O–H groups in total. The van der Waals surface area contributed by atoms with Crippen LogP contribution in [-0.4, -0.2) is 59.2 Å². The van der Waals surface area contributed by atoms with Gasteiger partial charge in [-0.15, -0.1) is 0 Å². The summed E-state index contributed by atoms with van der Waals surface area (Å²) in [6.07, 6.45) is 7.50. The molecule has 0 saturated carbocycles. The highest BCUT2D eigenvalue weighted by molar-refractivity contribution is 7.88. The highest BCUT2D eigenvalue weighted by Gasteiger charge is 2.47. The van der Waals surface area contributed by atoms with Crippen molar-refractivity contribution in [3.63, 3.8) is 0 Å². The minimum Gasteiger partial charge on any atom is -0.353 e. The summed E-state index contributed by atoms with van der Waals surface area (Å²) in [6, 6.07) is 4.35. The molecule has 0 radical (unpaired) electrons. The monoisotopic (exact) mass is 467 g/mol. The Bertz CT molecular complexity index is 1390. The largest absolute Gasteiger partial charge is 0.353 e. The van der Waals surface area contributed by atoms with Gasteiger partial charge in [-0.1, -0.05) is 0 Å². The van der Waals surface area contributed by atoms with Gasteiger partial charge >= 0.3 is 0 Å². The molecule has 6 rings (SSSR count). The van der Waals surface area contributed by atoms with E-state index in [2.05, 4.69) is 27.3 Å². The third-order valence-corrected chi connectivity index (χ3v) is 9.11. The summed E-state index contributed by atoms with van der Waals surface area (Å²) in [5.41, 5.74) is 7.13. The number of aryl methyl sites for hydroxylation is 2. The number of aromatic amines is 2. The summed E-state index contributed by atoms with van der Waals surface area (Å²) < 4.78 is 25.4. The molecule has 1 aliphatic carbocycles. The SMILES string of the molecule is CC1(C)C(=O)N(C2CCN(S(C)(=O)=O)CC2)c2cc3c4c([nH]c3cc21)-c1[nH]ncc1CCC4. The second kappa shape index (κ2) is 6.93. The molecule has 174 valence electrons. The fourth-order valence-electron chi connectivity index (χ4n) is 5.95. The number of carbonyl (C=O) groups is 1. The first-order valence-corrected chi connectivity index (χ1v) is 13.5. The first-order valence-electron chi connectivity index (χ1n) is 11.7. The number of H-pyrrole nitrogens is 2. The van der Waals surface area contributed by atoms with Gasteiger partial charge in [0.1, 0.15) is 0 Å². The standard InChI is InChI=1S/C24H29N5O3S/c1-24(2)18-12-19-17(16-6-4-5-14-13-25-27-21(14)22(16)26-19)11-20(18)29(23(24)30)15-7-9-28(10-8-15)33(3,31)32/h11-13,15,26H,4-10H2,1-3H3,(H,25,27). The Morgan fingerprint density at radius 3 is 2.61 bits per heavy atom. The number of piperidine rings is 1. The van der Waals surface area contributed by atoms with Crippen LogP contribution in [0.1, 0.15) is 49.8 Å². The van der Waals surface area contributed by atoms with E-state index in [1.54, 1.807) is 0 Å². The van der Waals surface area contributed by atoms with E-state index >= 15 is 0 Å². The first-order chi connectivity index (χ1) is 15.7. The van der Waals surface area contributed by atoms with Crippen molar-refractivity contribution in [2.24, 2.45) is 0 Å². The molecule has 4 heterocycles. The number of aromatic nitrogens is 3. The lowest BCUT2D eigenvalue weighted by Gasteiger charge is -2.36. The number of fused-ring (bicyclic) bond motifs is 6. The number of carbonyl (C=O) groups excluding carboxylic acids is 1. The average Bonchev–Trinajstić information content (AvgIpc) is 3.38. The molecule has 3 aromatic rings. The van der Waals surface area contributed by atoms with Crippen LogP contribution in [0.15, 0.2) is 18.3 Å². The van der Waals surface area contributed by atoms with E-state index in [0.717, 1.165) is 52.8 Å². The predicted octanol–water partition coefficient (Wildman–Crippen LogP) is 3.09. The van der Waals surface area contributed by atoms with E-state index in [4.69, 9.17) is 0 Å². The van der Waals surface area contributed by atoms with E-state index in [1.807, 2.05) is 24.9 Å². The number of nitrogens with zero attached hydrogens (tertiary/aromatic N) is 3. The first kappa shape index (κ1) is 20.9. The molecule has 1 saturated heterocycles. The van der Waals surface area contributed by atoms with Crippen LogP contribution < -0.4 is 4.90 Å². The van der Waals surface area contributed by atoms with Crippen molar-refractivity contribution in [2.75, 3.05) is 24.2 Å². The van der Waals surface area contributed by atoms with E-state index in [-0.39, 0.29) is 11.9 Å². The van der Waals surface area contributed by atoms with Crippen molar-refractivity contribution >= 4 is 32.5 Å². The molecular weight excluding hydrogens is 438 g/mol. The Labute approximate surface area is 193 Å². The zero-order valence-electron chi connectivity index (χ0n) is 19.2. The maximum absolute atomic E-state index is 13.6. The quantitative estimate of drug-likeness (QED) is 0.605. The molecule has 0 atom stereocenters. The maximum Gasteiger partial charge on any atom is 0.237 e. The molecule has 33 heavy (non-hydrogen) atoms. The van der Waals surface area contributed by atoms with Crippen molar-refractivity contribution < 1.29 is 13.2 Å². The third kappa shape index (κ3) is 3.01. The molecule has 8 nitrogen and oxygen atoms in total. The lowest BCUT2D eigenvalue weighted by molar-refractivity contribution is -0.122. The van der Waals surface area contributed by atoms with Gasteiger partial charge < -0.3 is 9.88 Å². The summed E-state index contributed by atoms with van der Waals surface area (Å²) in [7, 11) is -3.21. The second-order valence-electron chi connectivity index (χ2n) is 10.2. The number of hydrogen-bond acceptors (Lipinski definition) is 4. The fraction of sp³-hybridized carbons (Fsp3) is 0.500. The van der Waals surface area contributed by atoms with Crippen LogP contribution in [0.4, 0.5) is 5.69 Å². The van der Waals surface area contributed by atoms with Gasteiger partial charge in [0, 0.05) is 35.7 Å². The molecule has 0 bridgehead atoms. The van der Waals surface area contributed by atoms with Crippen LogP contribution >= 0.6 is 0 Å². The van der Waals surface area contributed by atoms with Crippen LogP contribution in [0.5, 0.6) is 0 Å². The zero-order chi connectivity index (χ0) is 23.1. The number of hydrogen-bond donors (Lipinski definition) is 2. The van der Waals surface area contributed by atoms with Gasteiger partial charge in [-0.3, -0.25) is 9.89 Å². The highest BCUT2D eigenvalue weighted by Crippen LogP contribution is 2.47. The Hall–Kier alpha value is -2.65.